The van der Waals surface area contributed by atoms with Crippen LogP contribution in [0.25, 0.3) is 0 Å². The maximum absolute atomic E-state index is 12.3. The average molecular weight is 305 g/mol. The molecule has 1 heterocycles. The summed E-state index contributed by atoms with van der Waals surface area (Å²) < 4.78 is 5.29. The van der Waals surface area contributed by atoms with Gasteiger partial charge in [-0.05, 0) is 25.3 Å². The Labute approximate surface area is 130 Å². The summed E-state index contributed by atoms with van der Waals surface area (Å²) in [4.78, 5) is 23.2. The van der Waals surface area contributed by atoms with Crippen molar-refractivity contribution in [2.45, 2.75) is 57.3 Å². The van der Waals surface area contributed by atoms with E-state index in [2.05, 4.69) is 19.2 Å². The number of carboxylic acid groups (broad SMARTS) is 1. The zero-order valence-electron chi connectivity index (χ0n) is 13.2. The first-order chi connectivity index (χ1) is 10.3. The van der Waals surface area contributed by atoms with Crippen LogP contribution < -0.4 is 5.32 Å². The molecule has 1 aromatic carbocycles. The summed E-state index contributed by atoms with van der Waals surface area (Å²) in [5.41, 5.74) is 0.903. The maximum Gasteiger partial charge on any atom is 0.332 e. The molecule has 2 rings (SSSR count). The molecule has 1 unspecified atom stereocenters. The van der Waals surface area contributed by atoms with Gasteiger partial charge in [-0.15, -0.1) is 0 Å². The summed E-state index contributed by atoms with van der Waals surface area (Å²) in [5, 5.41) is 11.9. The Morgan fingerprint density at radius 1 is 1.23 bits per heavy atom. The molecule has 0 aliphatic carbocycles. The van der Waals surface area contributed by atoms with Gasteiger partial charge in [-0.3, -0.25) is 4.79 Å². The van der Waals surface area contributed by atoms with Gasteiger partial charge in [0.2, 0.25) is 5.91 Å². The van der Waals surface area contributed by atoms with Crippen LogP contribution in [0.1, 0.15) is 39.2 Å². The summed E-state index contributed by atoms with van der Waals surface area (Å²) in [6.07, 6.45) is -0.714. The molecule has 0 bridgehead atoms. The van der Waals surface area contributed by atoms with Gasteiger partial charge in [0.05, 0.1) is 0 Å². The lowest BCUT2D eigenvalue weighted by Crippen LogP contribution is -2.48. The SMILES string of the molecule is CC(NC(=O)[C@@H]1CC[C@H](C(=O)O)O1)C(C)(C)c1ccccc1. The number of ether oxygens (including phenoxy) is 1. The quantitative estimate of drug-likeness (QED) is 0.873. The summed E-state index contributed by atoms with van der Waals surface area (Å²) in [7, 11) is 0. The van der Waals surface area contributed by atoms with Gasteiger partial charge >= 0.3 is 5.97 Å². The third-order valence-corrected chi connectivity index (χ3v) is 4.55. The number of hydrogen-bond acceptors (Lipinski definition) is 3. The topological polar surface area (TPSA) is 75.6 Å². The number of rotatable bonds is 5. The summed E-state index contributed by atoms with van der Waals surface area (Å²) in [5.74, 6) is -1.24. The highest BCUT2D eigenvalue weighted by Crippen LogP contribution is 2.27. The Bertz CT molecular complexity index is 541. The normalized spacial score (nSPS) is 23.0. The zero-order valence-corrected chi connectivity index (χ0v) is 13.2. The summed E-state index contributed by atoms with van der Waals surface area (Å²) >= 11 is 0. The van der Waals surface area contributed by atoms with Crippen molar-refractivity contribution in [2.75, 3.05) is 0 Å². The minimum Gasteiger partial charge on any atom is -0.479 e. The minimum absolute atomic E-state index is 0.102. The van der Waals surface area contributed by atoms with Gasteiger partial charge in [0.15, 0.2) is 6.10 Å². The van der Waals surface area contributed by atoms with E-state index < -0.39 is 18.2 Å². The highest BCUT2D eigenvalue weighted by atomic mass is 16.5. The van der Waals surface area contributed by atoms with Crippen LogP contribution in [0.5, 0.6) is 0 Å². The smallest absolute Gasteiger partial charge is 0.332 e. The molecular weight excluding hydrogens is 282 g/mol. The van der Waals surface area contributed by atoms with Crippen molar-refractivity contribution < 1.29 is 19.4 Å². The van der Waals surface area contributed by atoms with Gasteiger partial charge in [-0.2, -0.15) is 0 Å². The predicted molar refractivity (Wildman–Crippen MR) is 82.6 cm³/mol. The van der Waals surface area contributed by atoms with E-state index in [0.717, 1.165) is 5.56 Å². The molecule has 0 aromatic heterocycles. The van der Waals surface area contributed by atoms with Gasteiger partial charge < -0.3 is 15.2 Å². The lowest BCUT2D eigenvalue weighted by atomic mass is 9.78. The first kappa shape index (κ1) is 16.5. The molecule has 22 heavy (non-hydrogen) atoms. The number of benzene rings is 1. The highest BCUT2D eigenvalue weighted by molar-refractivity contribution is 5.83. The number of aliphatic carboxylic acids is 1. The molecule has 1 amide bonds. The Hall–Kier alpha value is -1.88. The van der Waals surface area contributed by atoms with Crippen LogP contribution in [-0.4, -0.2) is 35.2 Å². The number of carbonyl (C=O) groups excluding carboxylic acids is 1. The van der Waals surface area contributed by atoms with Crippen LogP contribution in [0.3, 0.4) is 0 Å². The number of carboxylic acids is 1. The lowest BCUT2D eigenvalue weighted by Gasteiger charge is -2.33. The van der Waals surface area contributed by atoms with Gasteiger partial charge in [0.1, 0.15) is 6.10 Å². The average Bonchev–Trinajstić information content (AvgIpc) is 2.98. The maximum atomic E-state index is 12.3. The molecule has 1 aliphatic heterocycles. The van der Waals surface area contributed by atoms with Crippen molar-refractivity contribution in [2.24, 2.45) is 0 Å². The molecular formula is C17H23NO4. The van der Waals surface area contributed by atoms with Crippen LogP contribution in [0.2, 0.25) is 0 Å². The molecule has 1 aromatic rings. The molecule has 0 spiro atoms. The highest BCUT2D eigenvalue weighted by Gasteiger charge is 2.37. The van der Waals surface area contributed by atoms with E-state index in [1.165, 1.54) is 0 Å². The lowest BCUT2D eigenvalue weighted by molar-refractivity contribution is -0.152. The van der Waals surface area contributed by atoms with Gasteiger partial charge in [-0.1, -0.05) is 44.2 Å². The van der Waals surface area contributed by atoms with Gasteiger partial charge in [0, 0.05) is 11.5 Å². The fraction of sp³-hybridized carbons (Fsp3) is 0.529. The summed E-state index contributed by atoms with van der Waals surface area (Å²) in [6, 6.07) is 9.88. The summed E-state index contributed by atoms with van der Waals surface area (Å²) in [6.45, 7) is 6.10. The first-order valence-electron chi connectivity index (χ1n) is 7.56. The Morgan fingerprint density at radius 2 is 1.82 bits per heavy atom. The van der Waals surface area contributed by atoms with Crippen LogP contribution in [0.4, 0.5) is 0 Å². The predicted octanol–water partition coefficient (Wildman–Crippen LogP) is 2.10. The molecule has 3 atom stereocenters. The molecule has 0 radical (unpaired) electrons. The fourth-order valence-electron chi connectivity index (χ4n) is 2.62. The van der Waals surface area contributed by atoms with E-state index in [9.17, 15) is 9.59 Å². The second-order valence-electron chi connectivity index (χ2n) is 6.35. The van der Waals surface area contributed by atoms with E-state index in [4.69, 9.17) is 9.84 Å². The van der Waals surface area contributed by atoms with Crippen molar-refractivity contribution in [1.82, 2.24) is 5.32 Å². The largest absolute Gasteiger partial charge is 0.479 e. The van der Waals surface area contributed by atoms with Gasteiger partial charge in [-0.25, -0.2) is 4.79 Å². The monoisotopic (exact) mass is 305 g/mol. The van der Waals surface area contributed by atoms with Crippen molar-refractivity contribution >= 4 is 11.9 Å². The Kier molecular flexibility index (Phi) is 4.86. The fourth-order valence-corrected chi connectivity index (χ4v) is 2.62. The Morgan fingerprint density at radius 3 is 2.36 bits per heavy atom. The number of amides is 1. The van der Waals surface area contributed by atoms with Crippen molar-refractivity contribution in [3.05, 3.63) is 35.9 Å². The molecule has 120 valence electrons. The first-order valence-corrected chi connectivity index (χ1v) is 7.56. The molecule has 1 fully saturated rings. The third-order valence-electron chi connectivity index (χ3n) is 4.55. The van der Waals surface area contributed by atoms with Gasteiger partial charge in [0.25, 0.3) is 0 Å². The second-order valence-corrected chi connectivity index (χ2v) is 6.35. The minimum atomic E-state index is -1.01. The standard InChI is InChI=1S/C17H23NO4/c1-11(17(2,3)12-7-5-4-6-8-12)18-15(19)13-9-10-14(22-13)16(20)21/h4-8,11,13-14H,9-10H2,1-3H3,(H,18,19)(H,20,21)/t11?,13-,14+/m0/s1. The van der Waals surface area contributed by atoms with E-state index >= 15 is 0 Å². The van der Waals surface area contributed by atoms with Crippen LogP contribution in [-0.2, 0) is 19.7 Å². The molecule has 2 N–H and O–H groups in total. The second kappa shape index (κ2) is 6.48. The number of carbonyl (C=O) groups is 2. The zero-order chi connectivity index (χ0) is 16.3. The molecule has 0 saturated carbocycles. The van der Waals surface area contributed by atoms with Crippen molar-refractivity contribution in [1.29, 1.82) is 0 Å². The molecule has 1 saturated heterocycles. The van der Waals surface area contributed by atoms with Crippen LogP contribution in [0.15, 0.2) is 30.3 Å². The third kappa shape index (κ3) is 3.47. The van der Waals surface area contributed by atoms with Crippen LogP contribution >= 0.6 is 0 Å². The van der Waals surface area contributed by atoms with E-state index in [1.54, 1.807) is 0 Å². The van der Waals surface area contributed by atoms with E-state index in [1.807, 2.05) is 37.3 Å². The van der Waals surface area contributed by atoms with Crippen LogP contribution in [0, 0.1) is 0 Å². The van der Waals surface area contributed by atoms with E-state index in [0.29, 0.717) is 12.8 Å². The Balaban J connectivity index is 1.98. The van der Waals surface area contributed by atoms with E-state index in [-0.39, 0.29) is 17.4 Å². The molecule has 5 nitrogen and oxygen atoms in total. The molecule has 1 aliphatic rings. The number of nitrogens with one attached hydrogen (secondary N) is 1. The number of hydrogen-bond donors (Lipinski definition) is 2. The molecule has 5 heteroatoms. The van der Waals surface area contributed by atoms with Crippen molar-refractivity contribution in [3.63, 3.8) is 0 Å². The van der Waals surface area contributed by atoms with Crippen molar-refractivity contribution in [3.8, 4) is 0 Å².